The maximum atomic E-state index is 12.1. The summed E-state index contributed by atoms with van der Waals surface area (Å²) in [6.07, 6.45) is 0. The van der Waals surface area contributed by atoms with E-state index in [1.165, 1.54) is 6.92 Å². The van der Waals surface area contributed by atoms with E-state index in [1.807, 2.05) is 18.2 Å². The molecule has 1 fully saturated rings. The molecule has 0 unspecified atom stereocenters. The Kier molecular flexibility index (Phi) is 5.03. The summed E-state index contributed by atoms with van der Waals surface area (Å²) < 4.78 is 0. The number of carboxylic acids is 1. The van der Waals surface area contributed by atoms with Gasteiger partial charge in [-0.3, -0.25) is 4.79 Å². The van der Waals surface area contributed by atoms with Crippen molar-refractivity contribution >= 4 is 46.0 Å². The number of carbonyl (C=O) groups excluding carboxylic acids is 1. The second-order valence-electron chi connectivity index (χ2n) is 6.21. The van der Waals surface area contributed by atoms with Gasteiger partial charge in [0.1, 0.15) is 11.9 Å². The summed E-state index contributed by atoms with van der Waals surface area (Å²) >= 11 is 6.04. The Bertz CT molecular complexity index is 846. The average molecular weight is 378 g/mol. The van der Waals surface area contributed by atoms with E-state index in [2.05, 4.69) is 15.2 Å². The number of halogens is 1. The summed E-state index contributed by atoms with van der Waals surface area (Å²) in [4.78, 5) is 31.1. The van der Waals surface area contributed by atoms with Crippen LogP contribution < -0.4 is 16.0 Å². The highest BCUT2D eigenvalue weighted by Crippen LogP contribution is 2.30. The Morgan fingerprint density at radius 1 is 1.27 bits per heavy atom. The molecule has 0 spiro atoms. The van der Waals surface area contributed by atoms with Crippen LogP contribution in [-0.2, 0) is 4.79 Å². The summed E-state index contributed by atoms with van der Waals surface area (Å²) in [5.74, 6) is -0.653. The number of anilines is 2. The number of hydrogen-bond donors (Lipinski definition) is 3. The van der Waals surface area contributed by atoms with E-state index in [9.17, 15) is 9.59 Å². The molecule has 3 rings (SSSR count). The molecule has 0 radical (unpaired) electrons. The highest BCUT2D eigenvalue weighted by molar-refractivity contribution is 6.31. The summed E-state index contributed by atoms with van der Waals surface area (Å²) in [6.45, 7) is 3.62. The van der Waals surface area contributed by atoms with E-state index in [4.69, 9.17) is 22.4 Å². The van der Waals surface area contributed by atoms with Gasteiger partial charge in [0, 0.05) is 48.3 Å². The van der Waals surface area contributed by atoms with Crippen molar-refractivity contribution in [2.75, 3.05) is 36.8 Å². The first-order chi connectivity index (χ1) is 12.3. The molecule has 1 atom stereocenters. The summed E-state index contributed by atoms with van der Waals surface area (Å²) in [5, 5.41) is 12.9. The number of carbonyl (C=O) groups is 2. The molecule has 1 aliphatic rings. The average Bonchev–Trinajstić information content (AvgIpc) is 2.60. The molecule has 1 aromatic heterocycles. The largest absolute Gasteiger partial charge is 0.480 e. The van der Waals surface area contributed by atoms with Crippen molar-refractivity contribution in [2.24, 2.45) is 0 Å². The van der Waals surface area contributed by atoms with Crippen LogP contribution in [0.15, 0.2) is 24.3 Å². The molecular weight excluding hydrogens is 358 g/mol. The van der Waals surface area contributed by atoms with Gasteiger partial charge in [-0.2, -0.15) is 0 Å². The number of nitrogen functional groups attached to an aromatic ring is 1. The van der Waals surface area contributed by atoms with Gasteiger partial charge in [0.05, 0.1) is 5.52 Å². The van der Waals surface area contributed by atoms with E-state index in [1.54, 1.807) is 11.0 Å². The number of amides is 2. The molecule has 1 aromatic carbocycles. The predicted molar refractivity (Wildman–Crippen MR) is 101 cm³/mol. The molecule has 0 aliphatic carbocycles. The number of rotatable bonds is 3. The van der Waals surface area contributed by atoms with Gasteiger partial charge >= 0.3 is 12.0 Å². The standard InChI is InChI=1S/C17H20ClN5O3/c1-10(16(24)25)20-17(26)23-6-4-22(5-7-23)14-9-15(19)21-13-8-11(18)2-3-12(13)14/h2-3,8-10H,4-7H2,1H3,(H2,19,21)(H,20,26)(H,24,25)/t10-/m0/s1. The van der Waals surface area contributed by atoms with Crippen LogP contribution >= 0.6 is 11.6 Å². The Labute approximate surface area is 155 Å². The molecule has 2 heterocycles. The highest BCUT2D eigenvalue weighted by atomic mass is 35.5. The fourth-order valence-electron chi connectivity index (χ4n) is 2.95. The topological polar surface area (TPSA) is 112 Å². The minimum atomic E-state index is -1.06. The van der Waals surface area contributed by atoms with Gasteiger partial charge in [-0.1, -0.05) is 11.6 Å². The summed E-state index contributed by atoms with van der Waals surface area (Å²) in [5.41, 5.74) is 7.60. The molecule has 4 N–H and O–H groups in total. The summed E-state index contributed by atoms with van der Waals surface area (Å²) in [6, 6.07) is 6.02. The van der Waals surface area contributed by atoms with Crippen molar-refractivity contribution in [2.45, 2.75) is 13.0 Å². The van der Waals surface area contributed by atoms with Crippen molar-refractivity contribution in [3.63, 3.8) is 0 Å². The molecule has 26 heavy (non-hydrogen) atoms. The van der Waals surface area contributed by atoms with Crippen LogP contribution in [0.5, 0.6) is 0 Å². The molecule has 0 bridgehead atoms. The Balaban J connectivity index is 1.73. The maximum Gasteiger partial charge on any atom is 0.325 e. The fraction of sp³-hybridized carbons (Fsp3) is 0.353. The minimum Gasteiger partial charge on any atom is -0.480 e. The van der Waals surface area contributed by atoms with Crippen molar-refractivity contribution in [3.05, 3.63) is 29.3 Å². The fourth-order valence-corrected chi connectivity index (χ4v) is 3.12. The van der Waals surface area contributed by atoms with Crippen LogP contribution in [0.4, 0.5) is 16.3 Å². The number of aliphatic carboxylic acids is 1. The van der Waals surface area contributed by atoms with Gasteiger partial charge in [-0.15, -0.1) is 0 Å². The maximum absolute atomic E-state index is 12.1. The van der Waals surface area contributed by atoms with Gasteiger partial charge in [0.25, 0.3) is 0 Å². The molecule has 1 aliphatic heterocycles. The zero-order chi connectivity index (χ0) is 18.8. The first kappa shape index (κ1) is 18.1. The molecular formula is C17H20ClN5O3. The minimum absolute atomic E-state index is 0.370. The van der Waals surface area contributed by atoms with Crippen molar-refractivity contribution in [1.29, 1.82) is 0 Å². The number of aromatic nitrogens is 1. The Hall–Kier alpha value is -2.74. The van der Waals surface area contributed by atoms with E-state index in [0.717, 1.165) is 16.6 Å². The number of fused-ring (bicyclic) bond motifs is 1. The molecule has 2 aromatic rings. The number of carboxylic acid groups (broad SMARTS) is 1. The summed E-state index contributed by atoms with van der Waals surface area (Å²) in [7, 11) is 0. The normalized spacial score (nSPS) is 15.8. The number of benzene rings is 1. The second-order valence-corrected chi connectivity index (χ2v) is 6.65. The van der Waals surface area contributed by atoms with Crippen LogP contribution in [0.2, 0.25) is 5.02 Å². The van der Waals surface area contributed by atoms with Gasteiger partial charge in [-0.25, -0.2) is 9.78 Å². The number of piperazine rings is 1. The number of pyridine rings is 1. The smallest absolute Gasteiger partial charge is 0.325 e. The zero-order valence-electron chi connectivity index (χ0n) is 14.3. The van der Waals surface area contributed by atoms with Gasteiger partial charge < -0.3 is 26.0 Å². The third-order valence-corrected chi connectivity index (χ3v) is 4.62. The Morgan fingerprint density at radius 2 is 1.96 bits per heavy atom. The van der Waals surface area contributed by atoms with Crippen LogP contribution in [0, 0.1) is 0 Å². The van der Waals surface area contributed by atoms with Gasteiger partial charge in [-0.05, 0) is 25.1 Å². The zero-order valence-corrected chi connectivity index (χ0v) is 15.0. The lowest BCUT2D eigenvalue weighted by molar-refractivity contribution is -0.138. The van der Waals surface area contributed by atoms with Crippen LogP contribution in [-0.4, -0.2) is 59.2 Å². The third kappa shape index (κ3) is 3.75. The van der Waals surface area contributed by atoms with E-state index >= 15 is 0 Å². The lowest BCUT2D eigenvalue weighted by Gasteiger charge is -2.36. The first-order valence-electron chi connectivity index (χ1n) is 8.24. The van der Waals surface area contributed by atoms with E-state index in [0.29, 0.717) is 37.0 Å². The van der Waals surface area contributed by atoms with Crippen molar-refractivity contribution in [1.82, 2.24) is 15.2 Å². The van der Waals surface area contributed by atoms with Crippen LogP contribution in [0.1, 0.15) is 6.92 Å². The highest BCUT2D eigenvalue weighted by Gasteiger charge is 2.24. The van der Waals surface area contributed by atoms with E-state index < -0.39 is 12.0 Å². The monoisotopic (exact) mass is 377 g/mol. The van der Waals surface area contributed by atoms with Crippen molar-refractivity contribution in [3.8, 4) is 0 Å². The Morgan fingerprint density at radius 3 is 2.62 bits per heavy atom. The van der Waals surface area contributed by atoms with Gasteiger partial charge in [0.2, 0.25) is 0 Å². The van der Waals surface area contributed by atoms with Gasteiger partial charge in [0.15, 0.2) is 0 Å². The third-order valence-electron chi connectivity index (χ3n) is 4.39. The molecule has 1 saturated heterocycles. The molecule has 8 nitrogen and oxygen atoms in total. The van der Waals surface area contributed by atoms with Crippen LogP contribution in [0.25, 0.3) is 10.9 Å². The quantitative estimate of drug-likeness (QED) is 0.751. The molecule has 0 saturated carbocycles. The van der Waals surface area contributed by atoms with E-state index in [-0.39, 0.29) is 6.03 Å². The first-order valence-corrected chi connectivity index (χ1v) is 8.62. The SMILES string of the molecule is C[C@H](NC(=O)N1CCN(c2cc(N)nc3cc(Cl)ccc23)CC1)C(=O)O. The lowest BCUT2D eigenvalue weighted by atomic mass is 10.1. The lowest BCUT2D eigenvalue weighted by Crippen LogP contribution is -2.54. The number of hydrogen-bond acceptors (Lipinski definition) is 5. The predicted octanol–water partition coefficient (Wildman–Crippen LogP) is 1.78. The van der Waals surface area contributed by atoms with Crippen molar-refractivity contribution < 1.29 is 14.7 Å². The van der Waals surface area contributed by atoms with Crippen LogP contribution in [0.3, 0.4) is 0 Å². The number of nitrogens with zero attached hydrogens (tertiary/aromatic N) is 3. The second kappa shape index (κ2) is 7.25. The number of urea groups is 1. The number of nitrogens with two attached hydrogens (primary N) is 1. The molecule has 138 valence electrons. The number of nitrogens with one attached hydrogen (secondary N) is 1. The molecule has 2 amide bonds. The molecule has 9 heteroatoms.